The third-order valence-corrected chi connectivity index (χ3v) is 2.33. The summed E-state index contributed by atoms with van der Waals surface area (Å²) in [7, 11) is 0. The van der Waals surface area contributed by atoms with Crippen LogP contribution in [-0.4, -0.2) is 29.0 Å². The van der Waals surface area contributed by atoms with Crippen LogP contribution in [0.25, 0.3) is 0 Å². The Morgan fingerprint density at radius 1 is 1.44 bits per heavy atom. The van der Waals surface area contributed by atoms with Gasteiger partial charge in [-0.1, -0.05) is 0 Å². The first kappa shape index (κ1) is 14.0. The average Bonchev–Trinajstić information content (AvgIpc) is 2.29. The Balaban J connectivity index is 2.78. The fourth-order valence-electron chi connectivity index (χ4n) is 1.18. The average molecular weight is 251 g/mol. The number of nitrogens with one attached hydrogen (secondary N) is 1. The molecular weight excluding hydrogens is 234 g/mol. The van der Waals surface area contributed by atoms with Crippen molar-refractivity contribution >= 4 is 17.7 Å². The smallest absolute Gasteiger partial charge is 0.339 e. The maximum atomic E-state index is 11.4. The molecule has 0 spiro atoms. The highest BCUT2D eigenvalue weighted by Gasteiger charge is 2.24. The summed E-state index contributed by atoms with van der Waals surface area (Å²) in [5.41, 5.74) is 4.69. The van der Waals surface area contributed by atoms with E-state index < -0.39 is 17.4 Å². The van der Waals surface area contributed by atoms with Crippen LogP contribution >= 0.6 is 0 Å². The third-order valence-electron chi connectivity index (χ3n) is 2.33. The Bertz CT molecular complexity index is 440. The summed E-state index contributed by atoms with van der Waals surface area (Å²) in [6.07, 6.45) is 1.39. The molecule has 1 rings (SSSR count). The molecule has 1 aromatic rings. The van der Waals surface area contributed by atoms with Gasteiger partial charge in [0.2, 0.25) is 5.91 Å². The SMILES string of the molecule is CCOC(=O)c1ccc(NC(C)(C)C(N)=O)nc1. The first-order chi connectivity index (χ1) is 8.36. The second-order valence-corrected chi connectivity index (χ2v) is 4.27. The number of pyridine rings is 1. The quantitative estimate of drug-likeness (QED) is 0.759. The van der Waals surface area contributed by atoms with Crippen LogP contribution in [0.4, 0.5) is 5.82 Å². The van der Waals surface area contributed by atoms with Crippen molar-refractivity contribution in [2.75, 3.05) is 11.9 Å². The van der Waals surface area contributed by atoms with Crippen LogP contribution in [0, 0.1) is 0 Å². The molecule has 0 fully saturated rings. The molecule has 1 amide bonds. The maximum Gasteiger partial charge on any atom is 0.339 e. The molecule has 0 saturated carbocycles. The van der Waals surface area contributed by atoms with E-state index in [1.165, 1.54) is 6.20 Å². The van der Waals surface area contributed by atoms with Crippen LogP contribution in [0.3, 0.4) is 0 Å². The van der Waals surface area contributed by atoms with E-state index in [1.54, 1.807) is 32.9 Å². The largest absolute Gasteiger partial charge is 0.462 e. The van der Waals surface area contributed by atoms with Crippen LogP contribution in [0.2, 0.25) is 0 Å². The van der Waals surface area contributed by atoms with E-state index in [0.717, 1.165) is 0 Å². The van der Waals surface area contributed by atoms with Crippen molar-refractivity contribution in [1.82, 2.24) is 4.98 Å². The van der Waals surface area contributed by atoms with E-state index in [-0.39, 0.29) is 0 Å². The first-order valence-corrected chi connectivity index (χ1v) is 5.58. The Kier molecular flexibility index (Phi) is 4.25. The van der Waals surface area contributed by atoms with Gasteiger partial charge < -0.3 is 15.8 Å². The number of amides is 1. The predicted molar refractivity (Wildman–Crippen MR) is 67.1 cm³/mol. The van der Waals surface area contributed by atoms with Crippen molar-refractivity contribution in [3.8, 4) is 0 Å². The summed E-state index contributed by atoms with van der Waals surface area (Å²) < 4.78 is 4.83. The number of carbonyl (C=O) groups excluding carboxylic acids is 2. The molecule has 6 heteroatoms. The molecule has 1 aromatic heterocycles. The van der Waals surface area contributed by atoms with E-state index in [0.29, 0.717) is 18.0 Å². The molecule has 0 aliphatic heterocycles. The molecule has 0 radical (unpaired) electrons. The molecule has 0 unspecified atom stereocenters. The number of ether oxygens (including phenoxy) is 1. The lowest BCUT2D eigenvalue weighted by Crippen LogP contribution is -2.45. The van der Waals surface area contributed by atoms with Crippen molar-refractivity contribution < 1.29 is 14.3 Å². The molecule has 6 nitrogen and oxygen atoms in total. The molecule has 1 heterocycles. The summed E-state index contributed by atoms with van der Waals surface area (Å²) in [5.74, 6) is -0.448. The summed E-state index contributed by atoms with van der Waals surface area (Å²) in [6, 6.07) is 3.17. The van der Waals surface area contributed by atoms with Crippen molar-refractivity contribution in [3.05, 3.63) is 23.9 Å². The molecule has 0 aromatic carbocycles. The Morgan fingerprint density at radius 3 is 2.56 bits per heavy atom. The van der Waals surface area contributed by atoms with Gasteiger partial charge in [0.15, 0.2) is 0 Å². The Morgan fingerprint density at radius 2 is 2.11 bits per heavy atom. The van der Waals surface area contributed by atoms with Crippen LogP contribution < -0.4 is 11.1 Å². The standard InChI is InChI=1S/C12H17N3O3/c1-4-18-10(16)8-5-6-9(14-7-8)15-12(2,3)11(13)17/h5-7H,4H2,1-3H3,(H2,13,17)(H,14,15). The predicted octanol–water partition coefficient (Wildman–Crippen LogP) is 0.934. The number of hydrogen-bond donors (Lipinski definition) is 2. The second kappa shape index (κ2) is 5.48. The van der Waals surface area contributed by atoms with Crippen molar-refractivity contribution in [2.24, 2.45) is 5.73 Å². The number of carbonyl (C=O) groups is 2. The lowest BCUT2D eigenvalue weighted by atomic mass is 10.1. The highest BCUT2D eigenvalue weighted by atomic mass is 16.5. The van der Waals surface area contributed by atoms with Crippen LogP contribution in [0.1, 0.15) is 31.1 Å². The third kappa shape index (κ3) is 3.44. The zero-order valence-corrected chi connectivity index (χ0v) is 10.7. The zero-order chi connectivity index (χ0) is 13.8. The molecule has 0 aliphatic rings. The minimum atomic E-state index is -0.904. The second-order valence-electron chi connectivity index (χ2n) is 4.27. The lowest BCUT2D eigenvalue weighted by molar-refractivity contribution is -0.121. The normalized spacial score (nSPS) is 10.8. The summed E-state index contributed by atoms with van der Waals surface area (Å²) in [4.78, 5) is 26.6. The molecule has 0 bridgehead atoms. The first-order valence-electron chi connectivity index (χ1n) is 5.58. The number of nitrogens with zero attached hydrogens (tertiary/aromatic N) is 1. The molecule has 0 aliphatic carbocycles. The van der Waals surface area contributed by atoms with E-state index >= 15 is 0 Å². The number of primary amides is 1. The minimum absolute atomic E-state index is 0.313. The minimum Gasteiger partial charge on any atom is -0.462 e. The highest BCUT2D eigenvalue weighted by Crippen LogP contribution is 2.13. The van der Waals surface area contributed by atoms with Gasteiger partial charge in [-0.2, -0.15) is 0 Å². The van der Waals surface area contributed by atoms with Crippen molar-refractivity contribution in [1.29, 1.82) is 0 Å². The molecule has 18 heavy (non-hydrogen) atoms. The van der Waals surface area contributed by atoms with Crippen LogP contribution in [-0.2, 0) is 9.53 Å². The monoisotopic (exact) mass is 251 g/mol. The fourth-order valence-corrected chi connectivity index (χ4v) is 1.18. The van der Waals surface area contributed by atoms with E-state index in [4.69, 9.17) is 10.5 Å². The number of nitrogens with two attached hydrogens (primary N) is 1. The number of aromatic nitrogens is 1. The Labute approximate surface area is 106 Å². The topological polar surface area (TPSA) is 94.3 Å². The number of hydrogen-bond acceptors (Lipinski definition) is 5. The van der Waals surface area contributed by atoms with E-state index in [2.05, 4.69) is 10.3 Å². The van der Waals surface area contributed by atoms with Crippen LogP contribution in [0.15, 0.2) is 18.3 Å². The number of rotatable bonds is 5. The van der Waals surface area contributed by atoms with Gasteiger partial charge in [0, 0.05) is 6.20 Å². The molecule has 0 saturated heterocycles. The summed E-state index contributed by atoms with van der Waals surface area (Å²) in [5, 5.41) is 2.88. The summed E-state index contributed by atoms with van der Waals surface area (Å²) >= 11 is 0. The highest BCUT2D eigenvalue weighted by molar-refractivity contribution is 5.89. The summed E-state index contributed by atoms with van der Waals surface area (Å²) in [6.45, 7) is 5.34. The van der Waals surface area contributed by atoms with E-state index in [9.17, 15) is 9.59 Å². The van der Waals surface area contributed by atoms with Gasteiger partial charge in [-0.05, 0) is 32.9 Å². The molecular formula is C12H17N3O3. The van der Waals surface area contributed by atoms with Gasteiger partial charge in [-0.15, -0.1) is 0 Å². The van der Waals surface area contributed by atoms with Crippen molar-refractivity contribution in [3.63, 3.8) is 0 Å². The number of anilines is 1. The number of esters is 1. The fraction of sp³-hybridized carbons (Fsp3) is 0.417. The van der Waals surface area contributed by atoms with Gasteiger partial charge in [-0.25, -0.2) is 9.78 Å². The molecule has 98 valence electrons. The van der Waals surface area contributed by atoms with Gasteiger partial charge >= 0.3 is 5.97 Å². The zero-order valence-electron chi connectivity index (χ0n) is 10.7. The lowest BCUT2D eigenvalue weighted by Gasteiger charge is -2.22. The van der Waals surface area contributed by atoms with E-state index in [1.807, 2.05) is 0 Å². The Hall–Kier alpha value is -2.11. The van der Waals surface area contributed by atoms with Crippen molar-refractivity contribution in [2.45, 2.75) is 26.3 Å². The van der Waals surface area contributed by atoms with Gasteiger partial charge in [0.25, 0.3) is 0 Å². The van der Waals surface area contributed by atoms with Crippen LogP contribution in [0.5, 0.6) is 0 Å². The molecule has 0 atom stereocenters. The maximum absolute atomic E-state index is 11.4. The van der Waals surface area contributed by atoms with Gasteiger partial charge in [0.1, 0.15) is 11.4 Å². The van der Waals surface area contributed by atoms with Gasteiger partial charge in [-0.3, -0.25) is 4.79 Å². The molecule has 3 N–H and O–H groups in total. The van der Waals surface area contributed by atoms with Gasteiger partial charge in [0.05, 0.1) is 12.2 Å².